The van der Waals surface area contributed by atoms with Crippen LogP contribution in [0.3, 0.4) is 0 Å². The Balaban J connectivity index is 1.84. The van der Waals surface area contributed by atoms with E-state index >= 15 is 0 Å². The summed E-state index contributed by atoms with van der Waals surface area (Å²) in [6.45, 7) is 4.26. The molecule has 2 atom stereocenters. The van der Waals surface area contributed by atoms with Gasteiger partial charge in [0, 0.05) is 10.9 Å². The largest absolute Gasteiger partial charge is 0.335 e. The van der Waals surface area contributed by atoms with Crippen molar-refractivity contribution in [2.75, 3.05) is 5.32 Å². The van der Waals surface area contributed by atoms with Crippen LogP contribution >= 0.6 is 11.8 Å². The predicted molar refractivity (Wildman–Crippen MR) is 80.4 cm³/mol. The number of anilines is 1. The van der Waals surface area contributed by atoms with Crippen molar-refractivity contribution in [3.8, 4) is 0 Å². The van der Waals surface area contributed by atoms with Crippen molar-refractivity contribution in [1.82, 2.24) is 5.32 Å². The summed E-state index contributed by atoms with van der Waals surface area (Å²) in [5.41, 5.74) is 1.63. The zero-order valence-corrected chi connectivity index (χ0v) is 12.1. The molecule has 2 heterocycles. The summed E-state index contributed by atoms with van der Waals surface area (Å²) >= 11 is 1.69. The summed E-state index contributed by atoms with van der Waals surface area (Å²) in [6.07, 6.45) is 1.07. The lowest BCUT2D eigenvalue weighted by molar-refractivity contribution is 0.0879. The van der Waals surface area contributed by atoms with E-state index in [4.69, 9.17) is 0 Å². The van der Waals surface area contributed by atoms with Gasteiger partial charge in [-0.3, -0.25) is 19.9 Å². The summed E-state index contributed by atoms with van der Waals surface area (Å²) in [6, 6.07) is 5.46. The van der Waals surface area contributed by atoms with E-state index < -0.39 is 0 Å². The van der Waals surface area contributed by atoms with E-state index in [1.807, 2.05) is 0 Å². The number of nitrogens with one attached hydrogen (secondary N) is 2. The first kappa shape index (κ1) is 13.2. The fourth-order valence-electron chi connectivity index (χ4n) is 2.43. The highest BCUT2D eigenvalue weighted by Crippen LogP contribution is 2.27. The van der Waals surface area contributed by atoms with Gasteiger partial charge in [0.15, 0.2) is 5.17 Å². The molecule has 2 N–H and O–H groups in total. The summed E-state index contributed by atoms with van der Waals surface area (Å²) in [5, 5.41) is 6.89. The van der Waals surface area contributed by atoms with E-state index in [-0.39, 0.29) is 11.8 Å². The molecule has 1 aromatic rings. The molecule has 1 aromatic carbocycles. The van der Waals surface area contributed by atoms with Gasteiger partial charge in [-0.2, -0.15) is 0 Å². The number of rotatable bonds is 1. The quantitative estimate of drug-likeness (QED) is 0.778. The van der Waals surface area contributed by atoms with Crippen LogP contribution in [0.25, 0.3) is 0 Å². The van der Waals surface area contributed by atoms with Crippen molar-refractivity contribution in [1.29, 1.82) is 0 Å². The summed E-state index contributed by atoms with van der Waals surface area (Å²) in [5.74, 6) is -0.670. The monoisotopic (exact) mass is 289 g/mol. The topological polar surface area (TPSA) is 70.6 Å². The first-order valence-corrected chi connectivity index (χ1v) is 7.42. The number of amidine groups is 1. The smallest absolute Gasteiger partial charge is 0.259 e. The van der Waals surface area contributed by atoms with Crippen LogP contribution in [-0.4, -0.2) is 28.3 Å². The maximum absolute atomic E-state index is 11.6. The molecule has 2 aliphatic rings. The predicted octanol–water partition coefficient (Wildman–Crippen LogP) is 2.25. The highest BCUT2D eigenvalue weighted by molar-refractivity contribution is 8.14. The molecule has 0 bridgehead atoms. The van der Waals surface area contributed by atoms with E-state index in [9.17, 15) is 9.59 Å². The Hall–Kier alpha value is -1.82. The van der Waals surface area contributed by atoms with Crippen LogP contribution in [0.2, 0.25) is 0 Å². The number of amides is 2. The van der Waals surface area contributed by atoms with E-state index in [1.165, 1.54) is 0 Å². The van der Waals surface area contributed by atoms with E-state index in [2.05, 4.69) is 29.5 Å². The van der Waals surface area contributed by atoms with Gasteiger partial charge in [-0.15, -0.1) is 0 Å². The number of hydrogen-bond donors (Lipinski definition) is 2. The summed E-state index contributed by atoms with van der Waals surface area (Å²) < 4.78 is 0. The Morgan fingerprint density at radius 3 is 2.75 bits per heavy atom. The lowest BCUT2D eigenvalue weighted by Gasteiger charge is -2.23. The molecule has 0 aliphatic carbocycles. The molecule has 0 radical (unpaired) electrons. The SMILES string of the molecule is CC1CC(C)SC(Nc2ccc3c(c2)C(=O)NC3=O)=N1. The molecule has 2 unspecified atom stereocenters. The van der Waals surface area contributed by atoms with Crippen LogP contribution in [0.15, 0.2) is 23.2 Å². The van der Waals surface area contributed by atoms with Gasteiger partial charge in [0.05, 0.1) is 17.2 Å². The maximum Gasteiger partial charge on any atom is 0.259 e. The molecule has 2 aliphatic heterocycles. The molecule has 6 heteroatoms. The van der Waals surface area contributed by atoms with Gasteiger partial charge < -0.3 is 5.32 Å². The Bertz CT molecular complexity index is 627. The molecule has 0 spiro atoms. The van der Waals surface area contributed by atoms with Crippen molar-refractivity contribution in [2.24, 2.45) is 4.99 Å². The number of nitrogens with zero attached hydrogens (tertiary/aromatic N) is 1. The molecular weight excluding hydrogens is 274 g/mol. The number of carbonyl (C=O) groups excluding carboxylic acids is 2. The molecule has 20 heavy (non-hydrogen) atoms. The number of carbonyl (C=O) groups is 2. The van der Waals surface area contributed by atoms with Crippen LogP contribution in [0.4, 0.5) is 5.69 Å². The molecular formula is C14H15N3O2S. The second-order valence-corrected chi connectivity index (χ2v) is 6.54. The van der Waals surface area contributed by atoms with Gasteiger partial charge >= 0.3 is 0 Å². The van der Waals surface area contributed by atoms with Gasteiger partial charge in [-0.05, 0) is 31.5 Å². The Morgan fingerprint density at radius 1 is 1.25 bits per heavy atom. The molecule has 0 saturated heterocycles. The lowest BCUT2D eigenvalue weighted by atomic mass is 10.1. The normalized spacial score (nSPS) is 25.0. The van der Waals surface area contributed by atoms with Gasteiger partial charge in [0.1, 0.15) is 0 Å². The zero-order chi connectivity index (χ0) is 14.3. The molecule has 0 fully saturated rings. The summed E-state index contributed by atoms with van der Waals surface area (Å²) in [4.78, 5) is 27.7. The average Bonchev–Trinajstić information content (AvgIpc) is 2.63. The second-order valence-electron chi connectivity index (χ2n) is 5.12. The third-order valence-electron chi connectivity index (χ3n) is 3.31. The minimum absolute atomic E-state index is 0.299. The van der Waals surface area contributed by atoms with E-state index in [0.717, 1.165) is 17.3 Å². The van der Waals surface area contributed by atoms with Gasteiger partial charge in [0.2, 0.25) is 0 Å². The fourth-order valence-corrected chi connectivity index (χ4v) is 3.61. The molecule has 3 rings (SSSR count). The average molecular weight is 289 g/mol. The number of fused-ring (bicyclic) bond motifs is 1. The Morgan fingerprint density at radius 2 is 2.00 bits per heavy atom. The Kier molecular flexibility index (Phi) is 3.25. The third-order valence-corrected chi connectivity index (χ3v) is 4.34. The van der Waals surface area contributed by atoms with Gasteiger partial charge in [-0.1, -0.05) is 18.7 Å². The lowest BCUT2D eigenvalue weighted by Crippen LogP contribution is -2.22. The second kappa shape index (κ2) is 4.94. The van der Waals surface area contributed by atoms with Gasteiger partial charge in [-0.25, -0.2) is 0 Å². The number of thioether (sulfide) groups is 1. The highest BCUT2D eigenvalue weighted by atomic mass is 32.2. The third kappa shape index (κ3) is 2.43. The fraction of sp³-hybridized carbons (Fsp3) is 0.357. The van der Waals surface area contributed by atoms with Crippen molar-refractivity contribution >= 4 is 34.4 Å². The molecule has 0 saturated carbocycles. The van der Waals surface area contributed by atoms with Gasteiger partial charge in [0.25, 0.3) is 11.8 Å². The standard InChI is InChI=1S/C14H15N3O2S/c1-7-5-8(2)20-14(15-7)16-9-3-4-10-11(6-9)13(19)17-12(10)18/h3-4,6-8H,5H2,1-2H3,(H,15,16)(H,17,18,19). The van der Waals surface area contributed by atoms with Crippen LogP contribution in [0, 0.1) is 0 Å². The number of hydrogen-bond acceptors (Lipinski definition) is 5. The van der Waals surface area contributed by atoms with Crippen LogP contribution in [-0.2, 0) is 0 Å². The highest BCUT2D eigenvalue weighted by Gasteiger charge is 2.27. The van der Waals surface area contributed by atoms with Crippen molar-refractivity contribution < 1.29 is 9.59 Å². The first-order valence-electron chi connectivity index (χ1n) is 6.54. The Labute approximate surface area is 121 Å². The number of benzene rings is 1. The van der Waals surface area contributed by atoms with Crippen LogP contribution in [0.1, 0.15) is 41.0 Å². The van der Waals surface area contributed by atoms with Crippen molar-refractivity contribution in [3.63, 3.8) is 0 Å². The summed E-state index contributed by atoms with van der Waals surface area (Å²) in [7, 11) is 0. The van der Waals surface area contributed by atoms with Crippen LogP contribution in [0.5, 0.6) is 0 Å². The number of imide groups is 1. The van der Waals surface area contributed by atoms with E-state index in [0.29, 0.717) is 22.4 Å². The molecule has 5 nitrogen and oxygen atoms in total. The molecule has 104 valence electrons. The van der Waals surface area contributed by atoms with Crippen molar-refractivity contribution in [2.45, 2.75) is 31.6 Å². The van der Waals surface area contributed by atoms with Crippen molar-refractivity contribution in [3.05, 3.63) is 29.3 Å². The van der Waals surface area contributed by atoms with E-state index in [1.54, 1.807) is 30.0 Å². The first-order chi connectivity index (χ1) is 9.52. The maximum atomic E-state index is 11.6. The minimum Gasteiger partial charge on any atom is -0.335 e. The molecule has 2 amide bonds. The molecule has 0 aromatic heterocycles. The zero-order valence-electron chi connectivity index (χ0n) is 11.3. The minimum atomic E-state index is -0.339. The number of aliphatic imine (C=N–C) groups is 1. The van der Waals surface area contributed by atoms with Crippen LogP contribution < -0.4 is 10.6 Å².